The topological polar surface area (TPSA) is 64.0 Å². The minimum absolute atomic E-state index is 0.239. The summed E-state index contributed by atoms with van der Waals surface area (Å²) in [4.78, 5) is 24.8. The lowest BCUT2D eigenvalue weighted by molar-refractivity contribution is -0.117. The van der Waals surface area contributed by atoms with Crippen LogP contribution in [-0.2, 0) is 11.3 Å². The first kappa shape index (κ1) is 19.3. The van der Waals surface area contributed by atoms with Gasteiger partial charge < -0.3 is 5.32 Å². The largest absolute Gasteiger partial charge is 0.324 e. The number of halogens is 1. The maximum atomic E-state index is 13.2. The van der Waals surface area contributed by atoms with E-state index in [1.165, 1.54) is 18.2 Å². The molecule has 1 heterocycles. The molecule has 5 nitrogen and oxygen atoms in total. The van der Waals surface area contributed by atoms with Crippen molar-refractivity contribution in [3.63, 3.8) is 0 Å². The van der Waals surface area contributed by atoms with Crippen LogP contribution >= 0.6 is 0 Å². The van der Waals surface area contributed by atoms with Gasteiger partial charge in [-0.25, -0.2) is 9.07 Å². The van der Waals surface area contributed by atoms with Gasteiger partial charge in [-0.15, -0.1) is 0 Å². The molecule has 0 bridgehead atoms. The van der Waals surface area contributed by atoms with Gasteiger partial charge in [0.1, 0.15) is 12.4 Å². The second-order valence-corrected chi connectivity index (χ2v) is 6.68. The van der Waals surface area contributed by atoms with E-state index in [1.54, 1.807) is 18.2 Å². The van der Waals surface area contributed by atoms with Crippen molar-refractivity contribution in [1.29, 1.82) is 0 Å². The quantitative estimate of drug-likeness (QED) is 0.543. The highest BCUT2D eigenvalue weighted by atomic mass is 19.1. The molecule has 1 N–H and O–H groups in total. The number of amides is 1. The summed E-state index contributed by atoms with van der Waals surface area (Å²) in [6.45, 7) is -0.239. The van der Waals surface area contributed by atoms with Gasteiger partial charge in [0.25, 0.3) is 5.56 Å². The molecule has 3 aromatic carbocycles. The molecule has 4 rings (SSSR count). The minimum atomic E-state index is -0.396. The van der Waals surface area contributed by atoms with Gasteiger partial charge in [0, 0.05) is 22.9 Å². The highest BCUT2D eigenvalue weighted by Gasteiger charge is 2.11. The molecule has 0 atom stereocenters. The SMILES string of the molecule is O=C(Cn1nc(-c2ccc(F)cc2)ccc1=O)Nc1ccccc1-c1ccccc1. The molecule has 6 heteroatoms. The Morgan fingerprint density at radius 3 is 2.30 bits per heavy atom. The van der Waals surface area contributed by atoms with Gasteiger partial charge >= 0.3 is 0 Å². The van der Waals surface area contributed by atoms with E-state index in [0.717, 1.165) is 15.8 Å². The Labute approximate surface area is 172 Å². The molecular formula is C24H18FN3O2. The number of nitrogens with zero attached hydrogens (tertiary/aromatic N) is 2. The second kappa shape index (κ2) is 8.53. The van der Waals surface area contributed by atoms with Crippen molar-refractivity contribution in [3.05, 3.63) is 107 Å². The molecule has 0 aliphatic heterocycles. The summed E-state index contributed by atoms with van der Waals surface area (Å²) >= 11 is 0. The molecule has 0 unspecified atom stereocenters. The fourth-order valence-corrected chi connectivity index (χ4v) is 3.12. The van der Waals surface area contributed by atoms with E-state index in [0.29, 0.717) is 16.9 Å². The monoisotopic (exact) mass is 399 g/mol. The maximum absolute atomic E-state index is 13.2. The van der Waals surface area contributed by atoms with E-state index in [4.69, 9.17) is 0 Å². The van der Waals surface area contributed by atoms with Crippen LogP contribution in [0.5, 0.6) is 0 Å². The molecule has 30 heavy (non-hydrogen) atoms. The summed E-state index contributed by atoms with van der Waals surface area (Å²) in [5, 5.41) is 7.12. The Hall–Kier alpha value is -4.06. The Balaban J connectivity index is 1.56. The molecule has 0 aliphatic carbocycles. The Morgan fingerprint density at radius 1 is 0.833 bits per heavy atom. The van der Waals surface area contributed by atoms with Gasteiger partial charge in [0.05, 0.1) is 5.69 Å². The van der Waals surface area contributed by atoms with Gasteiger partial charge in [0.15, 0.2) is 0 Å². The Bertz CT molecular complexity index is 1240. The summed E-state index contributed by atoms with van der Waals surface area (Å²) in [7, 11) is 0. The number of aromatic nitrogens is 2. The van der Waals surface area contributed by atoms with Crippen LogP contribution < -0.4 is 10.9 Å². The number of nitrogens with one attached hydrogen (secondary N) is 1. The summed E-state index contributed by atoms with van der Waals surface area (Å²) in [6, 6.07) is 25.9. The van der Waals surface area contributed by atoms with Crippen LogP contribution in [0.15, 0.2) is 95.8 Å². The van der Waals surface area contributed by atoms with Crippen molar-refractivity contribution in [2.45, 2.75) is 6.54 Å². The number of rotatable bonds is 5. The van der Waals surface area contributed by atoms with Crippen molar-refractivity contribution in [2.75, 3.05) is 5.32 Å². The van der Waals surface area contributed by atoms with E-state index >= 15 is 0 Å². The molecule has 0 fully saturated rings. The number of carbonyl (C=O) groups is 1. The second-order valence-electron chi connectivity index (χ2n) is 6.68. The van der Waals surface area contributed by atoms with Crippen LogP contribution in [-0.4, -0.2) is 15.7 Å². The molecule has 148 valence electrons. The van der Waals surface area contributed by atoms with Crippen molar-refractivity contribution in [3.8, 4) is 22.4 Å². The van der Waals surface area contributed by atoms with Crippen LogP contribution in [0.1, 0.15) is 0 Å². The Kier molecular flexibility index (Phi) is 5.48. The molecule has 4 aromatic rings. The predicted octanol–water partition coefficient (Wildman–Crippen LogP) is 4.36. The lowest BCUT2D eigenvalue weighted by Crippen LogP contribution is -2.29. The van der Waals surface area contributed by atoms with Gasteiger partial charge in [-0.1, -0.05) is 48.5 Å². The van der Waals surface area contributed by atoms with E-state index in [9.17, 15) is 14.0 Å². The average Bonchev–Trinajstić information content (AvgIpc) is 2.77. The number of hydrogen-bond donors (Lipinski definition) is 1. The maximum Gasteiger partial charge on any atom is 0.267 e. The fourth-order valence-electron chi connectivity index (χ4n) is 3.12. The van der Waals surface area contributed by atoms with Crippen LogP contribution in [0, 0.1) is 5.82 Å². The number of anilines is 1. The molecule has 0 saturated carbocycles. The van der Waals surface area contributed by atoms with Crippen molar-refractivity contribution >= 4 is 11.6 Å². The lowest BCUT2D eigenvalue weighted by Gasteiger charge is -2.12. The van der Waals surface area contributed by atoms with Crippen LogP contribution in [0.3, 0.4) is 0 Å². The van der Waals surface area contributed by atoms with Gasteiger partial charge in [-0.05, 0) is 42.0 Å². The smallest absolute Gasteiger partial charge is 0.267 e. The normalized spacial score (nSPS) is 10.6. The van der Waals surface area contributed by atoms with Crippen LogP contribution in [0.2, 0.25) is 0 Å². The standard InChI is InChI=1S/C24H18FN3O2/c25-19-12-10-18(11-13-19)21-14-15-24(30)28(27-21)16-23(29)26-22-9-5-4-8-20(22)17-6-2-1-3-7-17/h1-15H,16H2,(H,26,29). The highest BCUT2D eigenvalue weighted by Crippen LogP contribution is 2.27. The van der Waals surface area contributed by atoms with Crippen molar-refractivity contribution in [1.82, 2.24) is 9.78 Å². The van der Waals surface area contributed by atoms with Gasteiger partial charge in [-0.3, -0.25) is 9.59 Å². The van der Waals surface area contributed by atoms with Gasteiger partial charge in [-0.2, -0.15) is 5.10 Å². The molecule has 1 aromatic heterocycles. The van der Waals surface area contributed by atoms with Crippen molar-refractivity contribution in [2.24, 2.45) is 0 Å². The van der Waals surface area contributed by atoms with E-state index in [2.05, 4.69) is 10.4 Å². The molecular weight excluding hydrogens is 381 g/mol. The number of benzene rings is 3. The van der Waals surface area contributed by atoms with Crippen molar-refractivity contribution < 1.29 is 9.18 Å². The third-order valence-electron chi connectivity index (χ3n) is 4.59. The molecule has 1 amide bonds. The molecule has 0 radical (unpaired) electrons. The summed E-state index contributed by atoms with van der Waals surface area (Å²) in [5.41, 5.74) is 3.24. The van der Waals surface area contributed by atoms with Crippen LogP contribution in [0.4, 0.5) is 10.1 Å². The number of hydrogen-bond acceptors (Lipinski definition) is 3. The Morgan fingerprint density at radius 2 is 1.53 bits per heavy atom. The third-order valence-corrected chi connectivity index (χ3v) is 4.59. The first-order chi connectivity index (χ1) is 14.6. The average molecular weight is 399 g/mol. The van der Waals surface area contributed by atoms with Crippen LogP contribution in [0.25, 0.3) is 22.4 Å². The van der Waals surface area contributed by atoms with E-state index in [-0.39, 0.29) is 18.3 Å². The minimum Gasteiger partial charge on any atom is -0.324 e. The van der Waals surface area contributed by atoms with Gasteiger partial charge in [0.2, 0.25) is 5.91 Å². The zero-order valence-electron chi connectivity index (χ0n) is 16.0. The first-order valence-corrected chi connectivity index (χ1v) is 9.38. The fraction of sp³-hybridized carbons (Fsp3) is 0.0417. The van der Waals surface area contributed by atoms with E-state index in [1.807, 2.05) is 54.6 Å². The molecule has 0 saturated heterocycles. The predicted molar refractivity (Wildman–Crippen MR) is 114 cm³/mol. The number of carbonyl (C=O) groups excluding carboxylic acids is 1. The number of para-hydroxylation sites is 1. The summed E-state index contributed by atoms with van der Waals surface area (Å²) in [5.74, 6) is -0.729. The molecule has 0 spiro atoms. The third kappa shape index (κ3) is 4.33. The summed E-state index contributed by atoms with van der Waals surface area (Å²) < 4.78 is 14.2. The van der Waals surface area contributed by atoms with E-state index < -0.39 is 5.56 Å². The molecule has 0 aliphatic rings. The highest BCUT2D eigenvalue weighted by molar-refractivity contribution is 5.95. The first-order valence-electron chi connectivity index (χ1n) is 9.38. The lowest BCUT2D eigenvalue weighted by atomic mass is 10.0. The summed E-state index contributed by atoms with van der Waals surface area (Å²) in [6.07, 6.45) is 0. The zero-order valence-corrected chi connectivity index (χ0v) is 16.0. The zero-order chi connectivity index (χ0) is 20.9.